The van der Waals surface area contributed by atoms with Crippen LogP contribution in [-0.4, -0.2) is 41.9 Å². The lowest BCUT2D eigenvalue weighted by Crippen LogP contribution is -2.41. The molecule has 2 heterocycles. The normalized spacial score (nSPS) is 18.7. The van der Waals surface area contributed by atoms with Gasteiger partial charge in [0.15, 0.2) is 0 Å². The lowest BCUT2D eigenvalue weighted by atomic mass is 10.2. The molecule has 1 aromatic heterocycles. The molecule has 0 aromatic carbocycles. The fourth-order valence-corrected chi connectivity index (χ4v) is 4.36. The highest BCUT2D eigenvalue weighted by molar-refractivity contribution is 9.11. The molecule has 1 aliphatic rings. The average Bonchev–Trinajstić information content (AvgIpc) is 2.76. The first-order valence-corrected chi connectivity index (χ1v) is 8.71. The highest BCUT2D eigenvalue weighted by atomic mass is 79.9. The maximum atomic E-state index is 12.1. The predicted octanol–water partition coefficient (Wildman–Crippen LogP) is 2.99. The van der Waals surface area contributed by atoms with E-state index in [0.29, 0.717) is 19.0 Å². The Morgan fingerprint density at radius 2 is 2.37 bits per heavy atom. The van der Waals surface area contributed by atoms with Crippen LogP contribution in [0.1, 0.15) is 11.3 Å². The second kappa shape index (κ2) is 8.52. The van der Waals surface area contributed by atoms with Gasteiger partial charge in [-0.2, -0.15) is 11.8 Å². The molecule has 1 saturated heterocycles. The maximum Gasteiger partial charge on any atom is 0.224 e. The molecule has 0 spiro atoms. The number of carbonyl (C=O) groups excluding carboxylic acids is 1. The number of halogens is 2. The molecule has 1 aliphatic heterocycles. The van der Waals surface area contributed by atoms with E-state index in [1.807, 2.05) is 29.8 Å². The van der Waals surface area contributed by atoms with Crippen LogP contribution in [-0.2, 0) is 11.3 Å². The molecule has 19 heavy (non-hydrogen) atoms. The van der Waals surface area contributed by atoms with Gasteiger partial charge in [-0.25, -0.2) is 0 Å². The minimum absolute atomic E-state index is 0. The second-order valence-electron chi connectivity index (χ2n) is 4.39. The average molecular weight is 386 g/mol. The lowest BCUT2D eigenvalue weighted by Gasteiger charge is -2.25. The van der Waals surface area contributed by atoms with Crippen LogP contribution < -0.4 is 5.32 Å². The third kappa shape index (κ3) is 5.63. The molecule has 1 fully saturated rings. The van der Waals surface area contributed by atoms with E-state index in [1.165, 1.54) is 4.88 Å². The van der Waals surface area contributed by atoms with E-state index in [9.17, 15) is 4.79 Å². The summed E-state index contributed by atoms with van der Waals surface area (Å²) in [7, 11) is 1.88. The van der Waals surface area contributed by atoms with E-state index in [4.69, 9.17) is 0 Å². The Kier molecular flexibility index (Phi) is 7.76. The van der Waals surface area contributed by atoms with Crippen molar-refractivity contribution in [2.45, 2.75) is 19.0 Å². The monoisotopic (exact) mass is 384 g/mol. The van der Waals surface area contributed by atoms with Gasteiger partial charge in [-0.3, -0.25) is 4.79 Å². The van der Waals surface area contributed by atoms with Crippen molar-refractivity contribution >= 4 is 57.3 Å². The first-order chi connectivity index (χ1) is 8.65. The van der Waals surface area contributed by atoms with Gasteiger partial charge < -0.3 is 10.2 Å². The van der Waals surface area contributed by atoms with E-state index in [0.717, 1.165) is 21.8 Å². The standard InChI is InChI=1S/C12H17BrN2OS2.ClH/c1-15(7-10-2-3-11(13)18-10)12(16)6-9-8-17-5-4-14-9;/h2-3,9,14H,4-8H2,1H3;1H. The highest BCUT2D eigenvalue weighted by Crippen LogP contribution is 2.23. The van der Waals surface area contributed by atoms with E-state index >= 15 is 0 Å². The summed E-state index contributed by atoms with van der Waals surface area (Å²) in [5.74, 6) is 2.42. The van der Waals surface area contributed by atoms with Crippen LogP contribution in [0, 0.1) is 0 Å². The topological polar surface area (TPSA) is 32.3 Å². The molecule has 2 rings (SSSR count). The van der Waals surface area contributed by atoms with Crippen LogP contribution in [0.4, 0.5) is 0 Å². The van der Waals surface area contributed by atoms with E-state index in [1.54, 1.807) is 11.3 Å². The molecule has 1 atom stereocenters. The lowest BCUT2D eigenvalue weighted by molar-refractivity contribution is -0.130. The van der Waals surface area contributed by atoms with Crippen molar-refractivity contribution in [2.75, 3.05) is 25.1 Å². The fourth-order valence-electron chi connectivity index (χ4n) is 1.88. The van der Waals surface area contributed by atoms with Crippen molar-refractivity contribution < 1.29 is 4.79 Å². The predicted molar refractivity (Wildman–Crippen MR) is 89.5 cm³/mol. The fraction of sp³-hybridized carbons (Fsp3) is 0.583. The van der Waals surface area contributed by atoms with Crippen LogP contribution in [0.2, 0.25) is 0 Å². The van der Waals surface area contributed by atoms with Gasteiger partial charge in [0.25, 0.3) is 0 Å². The molecule has 3 nitrogen and oxygen atoms in total. The van der Waals surface area contributed by atoms with Crippen LogP contribution in [0.25, 0.3) is 0 Å². The van der Waals surface area contributed by atoms with Gasteiger partial charge in [0, 0.05) is 42.4 Å². The molecular formula is C12H18BrClN2OS2. The Morgan fingerprint density at radius 3 is 2.95 bits per heavy atom. The van der Waals surface area contributed by atoms with Crippen molar-refractivity contribution in [3.8, 4) is 0 Å². The summed E-state index contributed by atoms with van der Waals surface area (Å²) in [6, 6.07) is 4.43. The molecule has 0 saturated carbocycles. The summed E-state index contributed by atoms with van der Waals surface area (Å²) < 4.78 is 1.11. The maximum absolute atomic E-state index is 12.1. The summed E-state index contributed by atoms with van der Waals surface area (Å²) in [6.07, 6.45) is 0.607. The largest absolute Gasteiger partial charge is 0.341 e. The van der Waals surface area contributed by atoms with Crippen molar-refractivity contribution in [1.29, 1.82) is 0 Å². The smallest absolute Gasteiger partial charge is 0.224 e. The number of nitrogens with one attached hydrogen (secondary N) is 1. The van der Waals surface area contributed by atoms with Gasteiger partial charge in [-0.05, 0) is 28.1 Å². The summed E-state index contributed by atoms with van der Waals surface area (Å²) in [5, 5.41) is 3.40. The van der Waals surface area contributed by atoms with Crippen LogP contribution >= 0.6 is 51.4 Å². The second-order valence-corrected chi connectivity index (χ2v) is 8.08. The molecule has 7 heteroatoms. The van der Waals surface area contributed by atoms with Gasteiger partial charge in [-0.15, -0.1) is 23.7 Å². The van der Waals surface area contributed by atoms with Crippen LogP contribution in [0.15, 0.2) is 15.9 Å². The van der Waals surface area contributed by atoms with Gasteiger partial charge in [-0.1, -0.05) is 0 Å². The summed E-state index contributed by atoms with van der Waals surface area (Å²) in [4.78, 5) is 15.1. The zero-order valence-electron chi connectivity index (χ0n) is 10.7. The van der Waals surface area contributed by atoms with E-state index < -0.39 is 0 Å². The minimum atomic E-state index is 0. The Bertz CT molecular complexity index is 410. The number of rotatable bonds is 4. The minimum Gasteiger partial charge on any atom is -0.341 e. The van der Waals surface area contributed by atoms with Crippen LogP contribution in [0.5, 0.6) is 0 Å². The first-order valence-electron chi connectivity index (χ1n) is 5.94. The van der Waals surface area contributed by atoms with Crippen molar-refractivity contribution in [2.24, 2.45) is 0 Å². The molecule has 1 unspecified atom stereocenters. The molecule has 0 radical (unpaired) electrons. The van der Waals surface area contributed by atoms with Crippen LogP contribution in [0.3, 0.4) is 0 Å². The third-order valence-corrected chi connectivity index (χ3v) is 5.61. The summed E-state index contributed by atoms with van der Waals surface area (Å²) in [5.41, 5.74) is 0. The molecule has 108 valence electrons. The number of thiophene rings is 1. The van der Waals surface area contributed by atoms with Crippen molar-refractivity contribution in [3.63, 3.8) is 0 Å². The highest BCUT2D eigenvalue weighted by Gasteiger charge is 2.19. The number of amides is 1. The molecule has 1 amide bonds. The Balaban J connectivity index is 0.00000180. The van der Waals surface area contributed by atoms with E-state index in [-0.39, 0.29) is 18.3 Å². The van der Waals surface area contributed by atoms with E-state index in [2.05, 4.69) is 27.3 Å². The quantitative estimate of drug-likeness (QED) is 0.865. The van der Waals surface area contributed by atoms with Gasteiger partial charge in [0.1, 0.15) is 0 Å². The number of hydrogen-bond acceptors (Lipinski definition) is 4. The third-order valence-electron chi connectivity index (χ3n) is 2.87. The van der Waals surface area contributed by atoms with Gasteiger partial charge in [0.05, 0.1) is 10.3 Å². The number of hydrogen-bond donors (Lipinski definition) is 1. The number of nitrogens with zero attached hydrogens (tertiary/aromatic N) is 1. The van der Waals surface area contributed by atoms with Gasteiger partial charge >= 0.3 is 0 Å². The van der Waals surface area contributed by atoms with Gasteiger partial charge in [0.2, 0.25) is 5.91 Å². The Morgan fingerprint density at radius 1 is 1.58 bits per heavy atom. The summed E-state index contributed by atoms with van der Waals surface area (Å²) >= 11 is 7.05. The van der Waals surface area contributed by atoms with Crippen molar-refractivity contribution in [1.82, 2.24) is 10.2 Å². The summed E-state index contributed by atoms with van der Waals surface area (Å²) in [6.45, 7) is 1.72. The molecule has 1 N–H and O–H groups in total. The first kappa shape index (κ1) is 17.3. The SMILES string of the molecule is CN(Cc1ccc(Br)s1)C(=O)CC1CSCCN1.Cl. The zero-order chi connectivity index (χ0) is 13.0. The van der Waals surface area contributed by atoms with Crippen molar-refractivity contribution in [3.05, 3.63) is 20.8 Å². The number of carbonyl (C=O) groups is 1. The Labute approximate surface area is 137 Å². The molecule has 0 aliphatic carbocycles. The molecule has 1 aromatic rings. The zero-order valence-corrected chi connectivity index (χ0v) is 14.8. The molecule has 0 bridgehead atoms. The molecular weight excluding hydrogens is 368 g/mol. The Hall–Kier alpha value is 0.250. The number of thioether (sulfide) groups is 1.